The summed E-state index contributed by atoms with van der Waals surface area (Å²) in [5.74, 6) is 0.191. The largest absolute Gasteiger partial charge is 0.458 e. The van der Waals surface area contributed by atoms with Gasteiger partial charge >= 0.3 is 11.9 Å². The van der Waals surface area contributed by atoms with Crippen molar-refractivity contribution in [1.29, 1.82) is 0 Å². The lowest BCUT2D eigenvalue weighted by Crippen LogP contribution is -2.30. The van der Waals surface area contributed by atoms with Gasteiger partial charge in [0, 0.05) is 12.8 Å². The molecular weight excluding hydrogens is 580 g/mol. The zero-order chi connectivity index (χ0) is 34.0. The normalized spacial score (nSPS) is 18.4. The van der Waals surface area contributed by atoms with E-state index in [4.69, 9.17) is 9.47 Å². The van der Waals surface area contributed by atoms with Crippen LogP contribution in [-0.2, 0) is 19.1 Å². The van der Waals surface area contributed by atoms with Crippen LogP contribution in [0.4, 0.5) is 0 Å². The van der Waals surface area contributed by atoms with Crippen LogP contribution < -0.4 is 0 Å². The highest BCUT2D eigenvalue weighted by Crippen LogP contribution is 2.33. The maximum atomic E-state index is 12.6. The lowest BCUT2D eigenvalue weighted by atomic mass is 10.1. The molecule has 0 aliphatic heterocycles. The van der Waals surface area contributed by atoms with E-state index in [-0.39, 0.29) is 24.1 Å². The van der Waals surface area contributed by atoms with Gasteiger partial charge in [0.15, 0.2) is 0 Å². The van der Waals surface area contributed by atoms with Crippen molar-refractivity contribution in [2.45, 2.75) is 206 Å². The molecule has 3 atom stereocenters. The van der Waals surface area contributed by atoms with E-state index in [9.17, 15) is 9.59 Å². The molecule has 0 aromatic heterocycles. The number of unbranched alkanes of at least 4 members (excludes halogenated alkanes) is 16. The van der Waals surface area contributed by atoms with E-state index < -0.39 is 0 Å². The van der Waals surface area contributed by atoms with Gasteiger partial charge in [-0.25, -0.2) is 0 Å². The van der Waals surface area contributed by atoms with Gasteiger partial charge in [0.25, 0.3) is 0 Å². The Kier molecular flexibility index (Phi) is 29.6. The number of carbonyl (C=O) groups excluding carboxylic acids is 2. The molecule has 0 N–H and O–H groups in total. The third kappa shape index (κ3) is 26.5. The van der Waals surface area contributed by atoms with Crippen LogP contribution in [0.15, 0.2) is 48.6 Å². The van der Waals surface area contributed by atoms with Gasteiger partial charge in [0.2, 0.25) is 0 Å². The minimum absolute atomic E-state index is 0.132. The first-order valence-corrected chi connectivity index (χ1v) is 20.1. The summed E-state index contributed by atoms with van der Waals surface area (Å²) in [5.41, 5.74) is 0. The molecule has 0 radical (unpaired) electrons. The van der Waals surface area contributed by atoms with Gasteiger partial charge in [-0.1, -0.05) is 140 Å². The first kappa shape index (κ1) is 42.9. The van der Waals surface area contributed by atoms with Crippen LogP contribution in [0, 0.1) is 5.92 Å². The topological polar surface area (TPSA) is 52.6 Å². The molecule has 1 aliphatic carbocycles. The minimum atomic E-state index is -0.279. The van der Waals surface area contributed by atoms with Gasteiger partial charge in [0.05, 0.1) is 0 Å². The fourth-order valence-electron chi connectivity index (χ4n) is 6.26. The Hall–Kier alpha value is -2.10. The summed E-state index contributed by atoms with van der Waals surface area (Å²) in [7, 11) is 0. The van der Waals surface area contributed by atoms with Gasteiger partial charge < -0.3 is 9.47 Å². The van der Waals surface area contributed by atoms with Crippen LogP contribution in [0.2, 0.25) is 0 Å². The molecule has 270 valence electrons. The van der Waals surface area contributed by atoms with Crippen LogP contribution in [0.1, 0.15) is 194 Å². The van der Waals surface area contributed by atoms with Crippen molar-refractivity contribution in [2.75, 3.05) is 0 Å². The Labute approximate surface area is 291 Å². The molecule has 1 aliphatic rings. The first-order chi connectivity index (χ1) is 23.1. The second-order valence-corrected chi connectivity index (χ2v) is 13.8. The maximum absolute atomic E-state index is 12.6. The van der Waals surface area contributed by atoms with Crippen molar-refractivity contribution in [3.05, 3.63) is 48.6 Å². The van der Waals surface area contributed by atoms with Gasteiger partial charge in [-0.3, -0.25) is 9.59 Å². The van der Waals surface area contributed by atoms with E-state index in [0.29, 0.717) is 18.8 Å². The molecule has 1 saturated carbocycles. The maximum Gasteiger partial charge on any atom is 0.306 e. The van der Waals surface area contributed by atoms with Crippen molar-refractivity contribution in [3.8, 4) is 0 Å². The van der Waals surface area contributed by atoms with E-state index >= 15 is 0 Å². The van der Waals surface area contributed by atoms with Gasteiger partial charge in [-0.15, -0.1) is 0 Å². The molecule has 0 bridgehead atoms. The average Bonchev–Trinajstić information content (AvgIpc) is 3.45. The summed E-state index contributed by atoms with van der Waals surface area (Å²) < 4.78 is 11.7. The van der Waals surface area contributed by atoms with Gasteiger partial charge in [-0.05, 0) is 95.8 Å². The number of allylic oxidation sites excluding steroid dienone is 8. The highest BCUT2D eigenvalue weighted by atomic mass is 16.6. The number of rotatable bonds is 31. The van der Waals surface area contributed by atoms with Crippen molar-refractivity contribution in [1.82, 2.24) is 0 Å². The number of hydrogen-bond donors (Lipinski definition) is 0. The van der Waals surface area contributed by atoms with Crippen molar-refractivity contribution < 1.29 is 19.1 Å². The lowest BCUT2D eigenvalue weighted by molar-refractivity contribution is -0.165. The minimum Gasteiger partial charge on any atom is -0.458 e. The van der Waals surface area contributed by atoms with E-state index in [1.54, 1.807) is 0 Å². The monoisotopic (exact) mass is 655 g/mol. The van der Waals surface area contributed by atoms with Gasteiger partial charge in [-0.2, -0.15) is 0 Å². The van der Waals surface area contributed by atoms with Crippen LogP contribution >= 0.6 is 0 Å². The second-order valence-electron chi connectivity index (χ2n) is 13.8. The zero-order valence-corrected chi connectivity index (χ0v) is 31.1. The smallest absolute Gasteiger partial charge is 0.306 e. The molecule has 1 rings (SSSR count). The fourth-order valence-corrected chi connectivity index (χ4v) is 6.26. The fraction of sp³-hybridized carbons (Fsp3) is 0.767. The highest BCUT2D eigenvalue weighted by molar-refractivity contribution is 5.70. The van der Waals surface area contributed by atoms with Crippen LogP contribution in [0.25, 0.3) is 0 Å². The molecule has 0 heterocycles. The molecule has 4 heteroatoms. The molecule has 0 aromatic rings. The molecule has 0 spiro atoms. The Morgan fingerprint density at radius 2 is 0.809 bits per heavy atom. The number of carbonyl (C=O) groups is 2. The van der Waals surface area contributed by atoms with Crippen LogP contribution in [0.5, 0.6) is 0 Å². The number of hydrogen-bond acceptors (Lipinski definition) is 4. The molecule has 1 fully saturated rings. The molecule has 0 saturated heterocycles. The molecule has 4 nitrogen and oxygen atoms in total. The van der Waals surface area contributed by atoms with Crippen LogP contribution in [0.3, 0.4) is 0 Å². The molecule has 47 heavy (non-hydrogen) atoms. The molecule has 0 amide bonds. The summed E-state index contributed by atoms with van der Waals surface area (Å²) in [6, 6.07) is 0. The number of esters is 2. The van der Waals surface area contributed by atoms with E-state index in [1.807, 2.05) is 0 Å². The quantitative estimate of drug-likeness (QED) is 0.0424. The van der Waals surface area contributed by atoms with E-state index in [1.165, 1.54) is 77.0 Å². The molecule has 0 unspecified atom stereocenters. The summed E-state index contributed by atoms with van der Waals surface area (Å²) in [5, 5.41) is 0. The van der Waals surface area contributed by atoms with E-state index in [0.717, 1.165) is 83.5 Å². The number of ether oxygens (including phenoxy) is 2. The highest BCUT2D eigenvalue weighted by Gasteiger charge is 2.38. The summed E-state index contributed by atoms with van der Waals surface area (Å²) in [6.45, 7) is 6.66. The third-order valence-electron chi connectivity index (χ3n) is 9.35. The second kappa shape index (κ2) is 32.4. The predicted octanol–water partition coefficient (Wildman–Crippen LogP) is 13.3. The predicted molar refractivity (Wildman–Crippen MR) is 201 cm³/mol. The summed E-state index contributed by atoms with van der Waals surface area (Å²) in [4.78, 5) is 25.2. The van der Waals surface area contributed by atoms with Crippen molar-refractivity contribution >= 4 is 11.9 Å². The Morgan fingerprint density at radius 1 is 0.468 bits per heavy atom. The third-order valence-corrected chi connectivity index (χ3v) is 9.35. The van der Waals surface area contributed by atoms with E-state index in [2.05, 4.69) is 69.4 Å². The Balaban J connectivity index is 2.09. The van der Waals surface area contributed by atoms with Crippen LogP contribution in [-0.4, -0.2) is 24.1 Å². The zero-order valence-electron chi connectivity index (χ0n) is 31.1. The first-order valence-electron chi connectivity index (χ1n) is 20.1. The van der Waals surface area contributed by atoms with Gasteiger partial charge in [0.1, 0.15) is 12.2 Å². The summed E-state index contributed by atoms with van der Waals surface area (Å²) >= 11 is 0. The standard InChI is InChI=1S/C43H74O4/c1-4-7-9-11-13-15-17-19-21-23-25-27-29-31-33-35-42(44)46-40-37-39(6-3)38-41(40)47-43(45)36-34-32-30-28-26-24-22-20-18-16-14-12-10-8-5-2/h13-16,19-22,39-41H,4-12,17-18,23-38H2,1-3H3/b15-13-,16-14-,21-19-,22-20-/t39-,40+,41-. The van der Waals surface area contributed by atoms with Crippen molar-refractivity contribution in [3.63, 3.8) is 0 Å². The SMILES string of the molecule is CCCCC/C=C\C/C=C\CCCCCCCC(=O)O[C@H]1C[C@@H](CC)C[C@H]1OC(=O)CCCCCCC/C=C\C/C=C\CCCCC. The average molecular weight is 655 g/mol. The Morgan fingerprint density at radius 3 is 1.17 bits per heavy atom. The molecular formula is C43H74O4. The Bertz CT molecular complexity index is 786. The summed E-state index contributed by atoms with van der Waals surface area (Å²) in [6.07, 6.45) is 47.0. The molecule has 0 aromatic carbocycles. The van der Waals surface area contributed by atoms with Crippen molar-refractivity contribution in [2.24, 2.45) is 5.92 Å². The lowest BCUT2D eigenvalue weighted by Gasteiger charge is -2.20.